The van der Waals surface area contributed by atoms with Crippen LogP contribution in [0.25, 0.3) is 71.7 Å². The van der Waals surface area contributed by atoms with Crippen molar-refractivity contribution in [2.75, 3.05) is 4.90 Å². The van der Waals surface area contributed by atoms with E-state index in [1.807, 2.05) is 12.1 Å². The molecule has 0 radical (unpaired) electrons. The molecule has 10 aromatic rings. The van der Waals surface area contributed by atoms with Gasteiger partial charge in [0, 0.05) is 49.9 Å². The van der Waals surface area contributed by atoms with E-state index in [1.165, 1.54) is 44.1 Å². The molecule has 2 heterocycles. The number of furan rings is 1. The summed E-state index contributed by atoms with van der Waals surface area (Å²) in [5.74, 6) is 0. The molecule has 0 N–H and O–H groups in total. The molecule has 0 unspecified atom stereocenters. The van der Waals surface area contributed by atoms with E-state index in [1.54, 1.807) is 0 Å². The van der Waals surface area contributed by atoms with Gasteiger partial charge in [-0.15, -0.1) is 0 Å². The zero-order chi connectivity index (χ0) is 33.7. The van der Waals surface area contributed by atoms with E-state index < -0.39 is 0 Å². The molecule has 0 aliphatic carbocycles. The average Bonchev–Trinajstić information content (AvgIpc) is 3.75. The summed E-state index contributed by atoms with van der Waals surface area (Å²) >= 11 is 0. The number of hydrogen-bond acceptors (Lipinski definition) is 2. The highest BCUT2D eigenvalue weighted by atomic mass is 16.3. The third-order valence-electron chi connectivity index (χ3n) is 9.98. The van der Waals surface area contributed by atoms with Crippen molar-refractivity contribution in [2.24, 2.45) is 0 Å². The van der Waals surface area contributed by atoms with Crippen LogP contribution in [0.5, 0.6) is 0 Å². The van der Waals surface area contributed by atoms with Crippen LogP contribution in [0.15, 0.2) is 199 Å². The van der Waals surface area contributed by atoms with Crippen molar-refractivity contribution in [2.45, 2.75) is 0 Å². The summed E-state index contributed by atoms with van der Waals surface area (Å²) in [6, 6.07) is 69.2. The smallest absolute Gasteiger partial charge is 0.135 e. The molecule has 0 fully saturated rings. The van der Waals surface area contributed by atoms with Gasteiger partial charge in [-0.2, -0.15) is 0 Å². The molecule has 0 spiro atoms. The SMILES string of the molecule is c1ccc(-c2ccc(N(c3cccc(-n4c5ccccc5c5cccc(-c6ccccc6)c54)c3)c3ccc4oc5ccccc5c4c3)cc2)cc1. The first-order valence-corrected chi connectivity index (χ1v) is 17.4. The van der Waals surface area contributed by atoms with Crippen LogP contribution in [0.2, 0.25) is 0 Å². The Morgan fingerprint density at radius 2 is 0.980 bits per heavy atom. The fraction of sp³-hybridized carbons (Fsp3) is 0. The van der Waals surface area contributed by atoms with Gasteiger partial charge in [-0.05, 0) is 77.4 Å². The van der Waals surface area contributed by atoms with Crippen LogP contribution < -0.4 is 4.90 Å². The zero-order valence-corrected chi connectivity index (χ0v) is 27.8. The minimum Gasteiger partial charge on any atom is -0.456 e. The highest BCUT2D eigenvalue weighted by Gasteiger charge is 2.19. The molecular formula is C48H32N2O. The molecule has 0 atom stereocenters. The van der Waals surface area contributed by atoms with Crippen molar-refractivity contribution in [3.63, 3.8) is 0 Å². The Morgan fingerprint density at radius 3 is 1.80 bits per heavy atom. The van der Waals surface area contributed by atoms with E-state index in [0.29, 0.717) is 0 Å². The summed E-state index contributed by atoms with van der Waals surface area (Å²) in [5.41, 5.74) is 13.2. The van der Waals surface area contributed by atoms with E-state index >= 15 is 0 Å². The Bertz CT molecular complexity index is 2850. The largest absolute Gasteiger partial charge is 0.456 e. The lowest BCUT2D eigenvalue weighted by atomic mass is 10.0. The number of para-hydroxylation sites is 3. The van der Waals surface area contributed by atoms with Gasteiger partial charge in [0.05, 0.1) is 11.0 Å². The Balaban J connectivity index is 1.19. The lowest BCUT2D eigenvalue weighted by Gasteiger charge is -2.26. The molecule has 2 aromatic heterocycles. The second kappa shape index (κ2) is 11.9. The lowest BCUT2D eigenvalue weighted by molar-refractivity contribution is 0.669. The van der Waals surface area contributed by atoms with Crippen molar-refractivity contribution < 1.29 is 4.42 Å². The summed E-state index contributed by atoms with van der Waals surface area (Å²) < 4.78 is 8.67. The van der Waals surface area contributed by atoms with E-state index in [2.05, 4.69) is 191 Å². The molecule has 0 saturated heterocycles. The molecule has 8 aromatic carbocycles. The molecule has 3 nitrogen and oxygen atoms in total. The fourth-order valence-corrected chi connectivity index (χ4v) is 7.64. The summed E-state index contributed by atoms with van der Waals surface area (Å²) in [6.45, 7) is 0. The molecule has 51 heavy (non-hydrogen) atoms. The van der Waals surface area contributed by atoms with Crippen LogP contribution in [0.3, 0.4) is 0 Å². The van der Waals surface area contributed by atoms with Crippen molar-refractivity contribution in [1.29, 1.82) is 0 Å². The molecule has 10 rings (SSSR count). The van der Waals surface area contributed by atoms with Crippen LogP contribution in [0.1, 0.15) is 0 Å². The van der Waals surface area contributed by atoms with Crippen molar-refractivity contribution >= 4 is 60.8 Å². The van der Waals surface area contributed by atoms with E-state index in [0.717, 1.165) is 44.7 Å². The lowest BCUT2D eigenvalue weighted by Crippen LogP contribution is -2.10. The summed E-state index contributed by atoms with van der Waals surface area (Å²) in [6.07, 6.45) is 0. The van der Waals surface area contributed by atoms with Crippen LogP contribution >= 0.6 is 0 Å². The van der Waals surface area contributed by atoms with Crippen LogP contribution in [-0.4, -0.2) is 4.57 Å². The maximum Gasteiger partial charge on any atom is 0.135 e. The van der Waals surface area contributed by atoms with Gasteiger partial charge in [-0.3, -0.25) is 0 Å². The Morgan fingerprint density at radius 1 is 0.373 bits per heavy atom. The molecule has 0 bridgehead atoms. The minimum absolute atomic E-state index is 0.881. The highest BCUT2D eigenvalue weighted by Crippen LogP contribution is 2.42. The molecule has 0 saturated carbocycles. The number of fused-ring (bicyclic) bond motifs is 6. The van der Waals surface area contributed by atoms with E-state index in [-0.39, 0.29) is 0 Å². The van der Waals surface area contributed by atoms with Crippen molar-refractivity contribution in [1.82, 2.24) is 4.57 Å². The second-order valence-electron chi connectivity index (χ2n) is 13.0. The first-order chi connectivity index (χ1) is 25.3. The first kappa shape index (κ1) is 29.1. The highest BCUT2D eigenvalue weighted by molar-refractivity contribution is 6.14. The fourth-order valence-electron chi connectivity index (χ4n) is 7.64. The Kier molecular flexibility index (Phi) is 6.81. The number of nitrogens with zero attached hydrogens (tertiary/aromatic N) is 2. The quantitative estimate of drug-likeness (QED) is 0.178. The van der Waals surface area contributed by atoms with Gasteiger partial charge in [-0.1, -0.05) is 133 Å². The van der Waals surface area contributed by atoms with Crippen LogP contribution in [0.4, 0.5) is 17.1 Å². The molecule has 0 amide bonds. The number of hydrogen-bond donors (Lipinski definition) is 0. The van der Waals surface area contributed by atoms with Crippen LogP contribution in [0, 0.1) is 0 Å². The number of anilines is 3. The summed E-state index contributed by atoms with van der Waals surface area (Å²) in [7, 11) is 0. The minimum atomic E-state index is 0.881. The topological polar surface area (TPSA) is 21.3 Å². The third kappa shape index (κ3) is 4.90. The number of benzene rings is 8. The molecule has 3 heteroatoms. The standard InChI is InChI=1S/C48H32N2O/c1-3-13-33(14-4-1)34-25-27-36(28-26-34)49(39-29-30-47-44(32-39)42-20-8-10-24-46(42)51-47)37-17-11-18-38(31-37)50-45-23-9-7-19-41(45)43-22-12-21-40(48(43)50)35-15-5-2-6-16-35/h1-32H. The zero-order valence-electron chi connectivity index (χ0n) is 27.8. The van der Waals surface area contributed by atoms with Gasteiger partial charge >= 0.3 is 0 Å². The Hall–Kier alpha value is -6.84. The average molecular weight is 653 g/mol. The van der Waals surface area contributed by atoms with Gasteiger partial charge in [0.25, 0.3) is 0 Å². The van der Waals surface area contributed by atoms with E-state index in [9.17, 15) is 0 Å². The number of rotatable bonds is 6. The van der Waals surface area contributed by atoms with Gasteiger partial charge in [0.1, 0.15) is 11.2 Å². The van der Waals surface area contributed by atoms with Crippen LogP contribution in [-0.2, 0) is 0 Å². The predicted octanol–water partition coefficient (Wildman–Crippen LogP) is 13.5. The van der Waals surface area contributed by atoms with E-state index in [4.69, 9.17) is 4.42 Å². The van der Waals surface area contributed by atoms with Gasteiger partial charge in [0.2, 0.25) is 0 Å². The first-order valence-electron chi connectivity index (χ1n) is 17.4. The maximum atomic E-state index is 6.24. The molecule has 0 aliphatic rings. The monoisotopic (exact) mass is 652 g/mol. The van der Waals surface area contributed by atoms with Gasteiger partial charge in [0.15, 0.2) is 0 Å². The van der Waals surface area contributed by atoms with Crippen molar-refractivity contribution in [3.8, 4) is 27.9 Å². The molecular weight excluding hydrogens is 621 g/mol. The Labute approximate surface area is 295 Å². The van der Waals surface area contributed by atoms with Crippen molar-refractivity contribution in [3.05, 3.63) is 194 Å². The summed E-state index contributed by atoms with van der Waals surface area (Å²) in [5, 5.41) is 4.69. The molecule has 0 aliphatic heterocycles. The summed E-state index contributed by atoms with van der Waals surface area (Å²) in [4.78, 5) is 2.35. The maximum absolute atomic E-state index is 6.24. The number of aromatic nitrogens is 1. The van der Waals surface area contributed by atoms with Gasteiger partial charge in [-0.25, -0.2) is 0 Å². The normalized spacial score (nSPS) is 11.5. The third-order valence-corrected chi connectivity index (χ3v) is 9.98. The van der Waals surface area contributed by atoms with Gasteiger partial charge < -0.3 is 13.9 Å². The molecule has 240 valence electrons. The predicted molar refractivity (Wildman–Crippen MR) is 214 cm³/mol. The second-order valence-corrected chi connectivity index (χ2v) is 13.0.